The van der Waals surface area contributed by atoms with Crippen molar-refractivity contribution in [3.05, 3.63) is 18.2 Å². The highest BCUT2D eigenvalue weighted by molar-refractivity contribution is 7.99. The van der Waals surface area contributed by atoms with Gasteiger partial charge in [-0.25, -0.2) is 0 Å². The second-order valence-corrected chi connectivity index (χ2v) is 6.13. The summed E-state index contributed by atoms with van der Waals surface area (Å²) < 4.78 is 11.1. The van der Waals surface area contributed by atoms with Gasteiger partial charge in [-0.3, -0.25) is 0 Å². The van der Waals surface area contributed by atoms with E-state index in [-0.39, 0.29) is 0 Å². The van der Waals surface area contributed by atoms with E-state index in [1.165, 1.54) is 24.2 Å². The molecule has 1 aromatic carbocycles. The van der Waals surface area contributed by atoms with Crippen LogP contribution in [-0.2, 0) is 0 Å². The molecule has 0 amide bonds. The predicted octanol–water partition coefficient (Wildman–Crippen LogP) is 3.72. The molecule has 0 saturated carbocycles. The van der Waals surface area contributed by atoms with Gasteiger partial charge < -0.3 is 14.8 Å². The Labute approximate surface area is 126 Å². The van der Waals surface area contributed by atoms with Crippen LogP contribution >= 0.6 is 11.8 Å². The normalized spacial score (nSPS) is 15.1. The van der Waals surface area contributed by atoms with Crippen molar-refractivity contribution in [1.82, 2.24) is 5.32 Å². The summed E-state index contributed by atoms with van der Waals surface area (Å²) in [5, 5.41) is 3.53. The first-order valence-corrected chi connectivity index (χ1v) is 8.57. The number of thioether (sulfide) groups is 1. The Hall–Kier alpha value is -0.870. The number of benzene rings is 1. The van der Waals surface area contributed by atoms with Gasteiger partial charge in [0, 0.05) is 10.9 Å². The summed E-state index contributed by atoms with van der Waals surface area (Å²) in [5.41, 5.74) is 0. The second-order valence-electron chi connectivity index (χ2n) is 4.96. The van der Waals surface area contributed by atoms with Crippen molar-refractivity contribution in [3.63, 3.8) is 0 Å². The molecule has 1 unspecified atom stereocenters. The van der Waals surface area contributed by atoms with Crippen molar-refractivity contribution >= 4 is 11.8 Å². The number of rotatable bonds is 8. The Balaban J connectivity index is 1.74. The van der Waals surface area contributed by atoms with Crippen LogP contribution in [0, 0.1) is 0 Å². The van der Waals surface area contributed by atoms with E-state index < -0.39 is 0 Å². The average Bonchev–Trinajstić information content (AvgIpc) is 2.50. The molecule has 112 valence electrons. The number of nitrogens with one attached hydrogen (secondary N) is 1. The highest BCUT2D eigenvalue weighted by Crippen LogP contribution is 2.34. The molecule has 1 heterocycles. The van der Waals surface area contributed by atoms with E-state index in [9.17, 15) is 0 Å². The molecule has 1 N–H and O–H groups in total. The fraction of sp³-hybridized carbons (Fsp3) is 0.625. The fourth-order valence-corrected chi connectivity index (χ4v) is 3.27. The summed E-state index contributed by atoms with van der Waals surface area (Å²) in [4.78, 5) is 1.27. The van der Waals surface area contributed by atoms with Crippen LogP contribution in [0.15, 0.2) is 23.1 Å². The third-order valence-corrected chi connectivity index (χ3v) is 4.54. The number of hydrogen-bond acceptors (Lipinski definition) is 4. The lowest BCUT2D eigenvalue weighted by Crippen LogP contribution is -2.28. The molecule has 1 atom stereocenters. The Kier molecular flexibility index (Phi) is 6.54. The van der Waals surface area contributed by atoms with E-state index >= 15 is 0 Å². The van der Waals surface area contributed by atoms with Crippen molar-refractivity contribution in [2.75, 3.05) is 25.5 Å². The molecule has 0 fully saturated rings. The van der Waals surface area contributed by atoms with E-state index in [1.54, 1.807) is 0 Å². The highest BCUT2D eigenvalue weighted by atomic mass is 32.2. The van der Waals surface area contributed by atoms with Crippen LogP contribution in [0.25, 0.3) is 0 Å². The first-order valence-electron chi connectivity index (χ1n) is 7.59. The van der Waals surface area contributed by atoms with Gasteiger partial charge in [-0.05, 0) is 49.8 Å². The zero-order valence-electron chi connectivity index (χ0n) is 12.5. The van der Waals surface area contributed by atoms with E-state index in [2.05, 4.69) is 31.3 Å². The van der Waals surface area contributed by atoms with Gasteiger partial charge in [0.25, 0.3) is 0 Å². The lowest BCUT2D eigenvalue weighted by atomic mass is 10.1. The molecule has 0 spiro atoms. The van der Waals surface area contributed by atoms with Crippen molar-refractivity contribution in [3.8, 4) is 11.5 Å². The van der Waals surface area contributed by atoms with Gasteiger partial charge in [-0.15, -0.1) is 11.8 Å². The average molecular weight is 295 g/mol. The van der Waals surface area contributed by atoms with E-state index in [0.29, 0.717) is 19.3 Å². The topological polar surface area (TPSA) is 30.5 Å². The van der Waals surface area contributed by atoms with Gasteiger partial charge in [0.2, 0.25) is 0 Å². The smallest absolute Gasteiger partial charge is 0.162 e. The summed E-state index contributed by atoms with van der Waals surface area (Å²) >= 11 is 1.90. The molecule has 0 radical (unpaired) electrons. The van der Waals surface area contributed by atoms with Crippen molar-refractivity contribution in [2.24, 2.45) is 0 Å². The first-order chi connectivity index (χ1) is 9.83. The van der Waals surface area contributed by atoms with Gasteiger partial charge in [0.1, 0.15) is 13.2 Å². The molecule has 0 aliphatic carbocycles. The van der Waals surface area contributed by atoms with Crippen LogP contribution in [0.2, 0.25) is 0 Å². The molecule has 4 heteroatoms. The molecule has 3 nitrogen and oxygen atoms in total. The minimum Gasteiger partial charge on any atom is -0.486 e. The molecule has 0 aromatic heterocycles. The molecule has 20 heavy (non-hydrogen) atoms. The quantitative estimate of drug-likeness (QED) is 0.585. The summed E-state index contributed by atoms with van der Waals surface area (Å²) in [7, 11) is 0. The summed E-state index contributed by atoms with van der Waals surface area (Å²) in [6, 6.07) is 6.91. The molecule has 2 rings (SSSR count). The fourth-order valence-electron chi connectivity index (χ4n) is 2.37. The number of hydrogen-bond donors (Lipinski definition) is 1. The van der Waals surface area contributed by atoms with E-state index in [1.807, 2.05) is 17.8 Å². The monoisotopic (exact) mass is 295 g/mol. The van der Waals surface area contributed by atoms with Crippen molar-refractivity contribution in [2.45, 2.75) is 44.0 Å². The van der Waals surface area contributed by atoms with Crippen LogP contribution in [0.3, 0.4) is 0 Å². The minimum absolute atomic E-state index is 0.655. The van der Waals surface area contributed by atoms with Crippen LogP contribution in [-0.4, -0.2) is 31.6 Å². The summed E-state index contributed by atoms with van der Waals surface area (Å²) in [6.07, 6.45) is 3.70. The van der Waals surface area contributed by atoms with Crippen molar-refractivity contribution < 1.29 is 9.47 Å². The Bertz CT molecular complexity index is 411. The lowest BCUT2D eigenvalue weighted by molar-refractivity contribution is 0.171. The number of ether oxygens (including phenoxy) is 2. The maximum Gasteiger partial charge on any atom is 0.162 e. The third-order valence-electron chi connectivity index (χ3n) is 3.46. The SMILES string of the molecule is CCNC(CC)CCCSc1ccc2c(c1)OCCO2. The summed E-state index contributed by atoms with van der Waals surface area (Å²) in [5.74, 6) is 2.92. The van der Waals surface area contributed by atoms with Gasteiger partial charge in [0.05, 0.1) is 0 Å². The largest absolute Gasteiger partial charge is 0.486 e. The zero-order chi connectivity index (χ0) is 14.2. The predicted molar refractivity (Wildman–Crippen MR) is 85.1 cm³/mol. The first kappa shape index (κ1) is 15.5. The molecule has 0 bridgehead atoms. The maximum atomic E-state index is 5.61. The van der Waals surface area contributed by atoms with Crippen LogP contribution in [0.5, 0.6) is 11.5 Å². The van der Waals surface area contributed by atoms with Gasteiger partial charge in [-0.2, -0.15) is 0 Å². The van der Waals surface area contributed by atoms with E-state index in [4.69, 9.17) is 9.47 Å². The van der Waals surface area contributed by atoms with Gasteiger partial charge in [-0.1, -0.05) is 13.8 Å². The third kappa shape index (κ3) is 4.60. The van der Waals surface area contributed by atoms with Crippen LogP contribution in [0.4, 0.5) is 0 Å². The molecule has 1 aliphatic heterocycles. The van der Waals surface area contributed by atoms with Crippen LogP contribution in [0.1, 0.15) is 33.1 Å². The molecular formula is C16H25NO2S. The minimum atomic E-state index is 0.655. The zero-order valence-corrected chi connectivity index (χ0v) is 13.3. The standard InChI is InChI=1S/C16H25NO2S/c1-3-13(17-4-2)6-5-11-20-14-7-8-15-16(12-14)19-10-9-18-15/h7-8,12-13,17H,3-6,9-11H2,1-2H3. The highest BCUT2D eigenvalue weighted by Gasteiger charge is 2.11. The van der Waals surface area contributed by atoms with Gasteiger partial charge in [0.15, 0.2) is 11.5 Å². The second kappa shape index (κ2) is 8.42. The maximum absolute atomic E-state index is 5.61. The van der Waals surface area contributed by atoms with Crippen LogP contribution < -0.4 is 14.8 Å². The summed E-state index contributed by atoms with van der Waals surface area (Å²) in [6.45, 7) is 6.80. The molecule has 0 saturated heterocycles. The Morgan fingerprint density at radius 2 is 2.00 bits per heavy atom. The lowest BCUT2D eigenvalue weighted by Gasteiger charge is -2.19. The van der Waals surface area contributed by atoms with E-state index in [0.717, 1.165) is 23.8 Å². The molecular weight excluding hydrogens is 270 g/mol. The number of fused-ring (bicyclic) bond motifs is 1. The molecule has 1 aliphatic rings. The van der Waals surface area contributed by atoms with Crippen molar-refractivity contribution in [1.29, 1.82) is 0 Å². The molecule has 1 aromatic rings. The van der Waals surface area contributed by atoms with Gasteiger partial charge >= 0.3 is 0 Å². The Morgan fingerprint density at radius 3 is 2.75 bits per heavy atom. The Morgan fingerprint density at radius 1 is 1.20 bits per heavy atom.